The monoisotopic (exact) mass is 593 g/mol. The standard InChI is InChI=1S/C27H27F3N3O7P/c1-17(34)31-21-8-12-23(13-9-21)39-41(37,40-24-14-10-22(11-15-24)32-18(2)35)25(33-26(36)38-3)16-19-4-6-20(7-5-19)27(28,29)30/h4-15,25H,16H2,1-3H3,(H,31,34)(H,32,35)(H,33,36). The lowest BCUT2D eigenvalue weighted by atomic mass is 10.1. The van der Waals surface area contributed by atoms with Gasteiger partial charge >= 0.3 is 19.9 Å². The minimum absolute atomic E-state index is 0.0430. The molecule has 0 saturated carbocycles. The highest BCUT2D eigenvalue weighted by Gasteiger charge is 2.41. The number of methoxy groups -OCH3 is 1. The summed E-state index contributed by atoms with van der Waals surface area (Å²) >= 11 is 0. The molecule has 3 rings (SSSR count). The molecule has 3 N–H and O–H groups in total. The lowest BCUT2D eigenvalue weighted by Crippen LogP contribution is -2.38. The maximum Gasteiger partial charge on any atom is 0.453 e. The largest absolute Gasteiger partial charge is 0.453 e. The van der Waals surface area contributed by atoms with Crippen molar-refractivity contribution in [2.75, 3.05) is 17.7 Å². The normalized spacial score (nSPS) is 12.0. The van der Waals surface area contributed by atoms with Gasteiger partial charge < -0.3 is 29.7 Å². The van der Waals surface area contributed by atoms with Crippen molar-refractivity contribution < 1.29 is 45.9 Å². The van der Waals surface area contributed by atoms with Crippen molar-refractivity contribution in [2.24, 2.45) is 0 Å². The Morgan fingerprint density at radius 1 is 0.780 bits per heavy atom. The van der Waals surface area contributed by atoms with E-state index in [2.05, 4.69) is 20.7 Å². The predicted octanol–water partition coefficient (Wildman–Crippen LogP) is 6.20. The first kappa shape index (κ1) is 31.0. The SMILES string of the molecule is COC(=O)NC(Cc1ccc(C(F)(F)F)cc1)P(=O)(Oc1ccc(NC(C)=O)cc1)Oc1ccc(NC(C)=O)cc1. The van der Waals surface area contributed by atoms with E-state index >= 15 is 0 Å². The number of carbonyl (C=O) groups is 3. The molecule has 0 aliphatic rings. The van der Waals surface area contributed by atoms with E-state index in [9.17, 15) is 32.1 Å². The molecule has 41 heavy (non-hydrogen) atoms. The number of benzene rings is 3. The average Bonchev–Trinajstić information content (AvgIpc) is 2.89. The van der Waals surface area contributed by atoms with E-state index in [-0.39, 0.29) is 35.3 Å². The molecule has 3 amide bonds. The summed E-state index contributed by atoms with van der Waals surface area (Å²) in [6, 6.07) is 15.7. The van der Waals surface area contributed by atoms with Crippen LogP contribution in [0.4, 0.5) is 29.3 Å². The van der Waals surface area contributed by atoms with Crippen LogP contribution in [0.15, 0.2) is 72.8 Å². The lowest BCUT2D eigenvalue weighted by Gasteiger charge is -2.28. The molecule has 0 radical (unpaired) electrons. The van der Waals surface area contributed by atoms with Crippen molar-refractivity contribution in [3.63, 3.8) is 0 Å². The Morgan fingerprint density at radius 3 is 1.59 bits per heavy atom. The number of ether oxygens (including phenoxy) is 1. The third kappa shape index (κ3) is 9.28. The fourth-order valence-electron chi connectivity index (χ4n) is 3.53. The number of alkyl carbamates (subject to hydrolysis) is 1. The molecule has 0 heterocycles. The Hall–Kier alpha value is -4.51. The molecule has 0 aliphatic heterocycles. The number of alkyl halides is 3. The molecule has 0 aromatic heterocycles. The molecule has 0 fully saturated rings. The van der Waals surface area contributed by atoms with Crippen molar-refractivity contribution in [1.82, 2.24) is 5.32 Å². The molecule has 3 aromatic carbocycles. The number of hydrogen-bond acceptors (Lipinski definition) is 7. The first-order chi connectivity index (χ1) is 19.3. The second-order valence-corrected chi connectivity index (χ2v) is 10.8. The van der Waals surface area contributed by atoms with Gasteiger partial charge in [-0.15, -0.1) is 0 Å². The van der Waals surface area contributed by atoms with Gasteiger partial charge in [0.2, 0.25) is 11.8 Å². The highest BCUT2D eigenvalue weighted by molar-refractivity contribution is 7.55. The number of anilines is 2. The fourth-order valence-corrected chi connectivity index (χ4v) is 5.36. The summed E-state index contributed by atoms with van der Waals surface area (Å²) in [5.41, 5.74) is 0.271. The molecule has 3 aromatic rings. The predicted molar refractivity (Wildman–Crippen MR) is 145 cm³/mol. The van der Waals surface area contributed by atoms with Crippen LogP contribution >= 0.6 is 7.60 Å². The third-order valence-corrected chi connectivity index (χ3v) is 7.38. The number of rotatable bonds is 10. The zero-order valence-electron chi connectivity index (χ0n) is 22.2. The van der Waals surface area contributed by atoms with Gasteiger partial charge in [-0.3, -0.25) is 9.59 Å². The Kier molecular flexibility index (Phi) is 10.0. The van der Waals surface area contributed by atoms with E-state index < -0.39 is 31.2 Å². The smallest absolute Gasteiger partial charge is 0.453 e. The van der Waals surface area contributed by atoms with E-state index in [1.165, 1.54) is 74.5 Å². The minimum atomic E-state index is -4.56. The van der Waals surface area contributed by atoms with Gasteiger partial charge in [-0.2, -0.15) is 13.2 Å². The maximum absolute atomic E-state index is 14.4. The van der Waals surface area contributed by atoms with E-state index in [0.717, 1.165) is 19.2 Å². The van der Waals surface area contributed by atoms with Crippen LogP contribution in [0.5, 0.6) is 11.5 Å². The summed E-state index contributed by atoms with van der Waals surface area (Å²) in [7, 11) is -3.36. The van der Waals surface area contributed by atoms with E-state index in [4.69, 9.17) is 9.05 Å². The van der Waals surface area contributed by atoms with Gasteiger partial charge in [0.05, 0.1) is 12.7 Å². The molecule has 1 atom stereocenters. The zero-order valence-corrected chi connectivity index (χ0v) is 23.0. The molecular formula is C27H27F3N3O7P. The number of halogens is 3. The lowest BCUT2D eigenvalue weighted by molar-refractivity contribution is -0.137. The molecular weight excluding hydrogens is 566 g/mol. The van der Waals surface area contributed by atoms with Gasteiger partial charge in [0.15, 0.2) is 5.78 Å². The topological polar surface area (TPSA) is 132 Å². The van der Waals surface area contributed by atoms with Gasteiger partial charge in [-0.25, -0.2) is 9.36 Å². The molecule has 0 aliphatic carbocycles. The molecule has 0 bridgehead atoms. The maximum atomic E-state index is 14.4. The Labute approximate surface area is 233 Å². The first-order valence-electron chi connectivity index (χ1n) is 12.0. The first-order valence-corrected chi connectivity index (χ1v) is 13.6. The second kappa shape index (κ2) is 13.2. The van der Waals surface area contributed by atoms with Gasteiger partial charge in [-0.1, -0.05) is 12.1 Å². The highest BCUT2D eigenvalue weighted by Crippen LogP contribution is 2.53. The van der Waals surface area contributed by atoms with Gasteiger partial charge in [0, 0.05) is 31.6 Å². The van der Waals surface area contributed by atoms with Gasteiger partial charge in [-0.05, 0) is 66.2 Å². The summed E-state index contributed by atoms with van der Waals surface area (Å²) in [5, 5.41) is 7.56. The fraction of sp³-hybridized carbons (Fsp3) is 0.222. The van der Waals surface area contributed by atoms with Gasteiger partial charge in [0.1, 0.15) is 11.5 Å². The second-order valence-electron chi connectivity index (χ2n) is 8.68. The van der Waals surface area contributed by atoms with Crippen molar-refractivity contribution in [1.29, 1.82) is 0 Å². The van der Waals surface area contributed by atoms with E-state index in [1.54, 1.807) is 0 Å². The van der Waals surface area contributed by atoms with Crippen LogP contribution in [0.3, 0.4) is 0 Å². The summed E-state index contributed by atoms with van der Waals surface area (Å²) in [4.78, 5) is 34.9. The number of amides is 3. The van der Waals surface area contributed by atoms with Crippen LogP contribution in [0, 0.1) is 0 Å². The molecule has 14 heteroatoms. The summed E-state index contributed by atoms with van der Waals surface area (Å²) in [5.74, 6) is -1.97. The van der Waals surface area contributed by atoms with Crippen LogP contribution in [0.2, 0.25) is 0 Å². The Bertz CT molecular complexity index is 1350. The number of carbonyl (C=O) groups excluding carboxylic acids is 3. The molecule has 10 nitrogen and oxygen atoms in total. The summed E-state index contributed by atoms with van der Waals surface area (Å²) in [6.07, 6.45) is -5.81. The van der Waals surface area contributed by atoms with Crippen molar-refractivity contribution >= 4 is 36.9 Å². The van der Waals surface area contributed by atoms with Crippen LogP contribution in [0.25, 0.3) is 0 Å². The third-order valence-electron chi connectivity index (χ3n) is 5.38. The zero-order chi connectivity index (χ0) is 30.2. The summed E-state index contributed by atoms with van der Waals surface area (Å²) in [6.45, 7) is 2.65. The number of nitrogens with one attached hydrogen (secondary N) is 3. The Morgan fingerprint density at radius 2 is 1.22 bits per heavy atom. The Balaban J connectivity index is 2.00. The van der Waals surface area contributed by atoms with Crippen molar-refractivity contribution in [2.45, 2.75) is 32.2 Å². The van der Waals surface area contributed by atoms with Crippen LogP contribution in [-0.4, -0.2) is 30.8 Å². The van der Waals surface area contributed by atoms with Crippen LogP contribution in [-0.2, 0) is 31.5 Å². The number of hydrogen-bond donors (Lipinski definition) is 3. The van der Waals surface area contributed by atoms with E-state index in [1.807, 2.05) is 0 Å². The highest BCUT2D eigenvalue weighted by atomic mass is 31.2. The van der Waals surface area contributed by atoms with Crippen LogP contribution in [0.1, 0.15) is 25.0 Å². The van der Waals surface area contributed by atoms with Crippen molar-refractivity contribution in [3.8, 4) is 11.5 Å². The minimum Gasteiger partial charge on any atom is -0.453 e. The van der Waals surface area contributed by atoms with E-state index in [0.29, 0.717) is 11.4 Å². The summed E-state index contributed by atoms with van der Waals surface area (Å²) < 4.78 is 69.9. The van der Waals surface area contributed by atoms with Gasteiger partial charge in [0.25, 0.3) is 0 Å². The van der Waals surface area contributed by atoms with Crippen LogP contribution < -0.4 is 25.0 Å². The average molecular weight is 593 g/mol. The molecule has 0 spiro atoms. The van der Waals surface area contributed by atoms with Crippen molar-refractivity contribution in [3.05, 3.63) is 83.9 Å². The molecule has 218 valence electrons. The molecule has 1 unspecified atom stereocenters. The molecule has 0 saturated heterocycles. The quantitative estimate of drug-likeness (QED) is 0.239.